The van der Waals surface area contributed by atoms with Crippen molar-refractivity contribution in [3.05, 3.63) is 35.4 Å². The number of hydrogen-bond acceptors (Lipinski definition) is 2. The maximum absolute atomic E-state index is 11.7. The zero-order valence-electron chi connectivity index (χ0n) is 16.0. The zero-order valence-corrected chi connectivity index (χ0v) is 16.0. The van der Waals surface area contributed by atoms with Gasteiger partial charge in [0, 0.05) is 18.4 Å². The van der Waals surface area contributed by atoms with E-state index in [0.717, 1.165) is 24.3 Å². The van der Waals surface area contributed by atoms with Crippen molar-refractivity contribution in [3.63, 3.8) is 0 Å². The van der Waals surface area contributed by atoms with Gasteiger partial charge in [-0.1, -0.05) is 37.1 Å². The number of nitrogens with zero attached hydrogens (tertiary/aromatic N) is 1. The molecule has 140 valence electrons. The topological polar surface area (TPSA) is 32.3 Å². The number of benzene rings is 1. The summed E-state index contributed by atoms with van der Waals surface area (Å²) in [6, 6.07) is 9.94. The Morgan fingerprint density at radius 3 is 2.50 bits per heavy atom. The smallest absolute Gasteiger partial charge is 0.217 e. The molecule has 26 heavy (non-hydrogen) atoms. The van der Waals surface area contributed by atoms with Gasteiger partial charge in [0.2, 0.25) is 5.91 Å². The van der Waals surface area contributed by atoms with Gasteiger partial charge in [-0.2, -0.15) is 0 Å². The molecule has 2 bridgehead atoms. The van der Waals surface area contributed by atoms with E-state index in [1.54, 1.807) is 6.92 Å². The molecule has 6 rings (SSSR count). The molecule has 3 heteroatoms. The van der Waals surface area contributed by atoms with Crippen LogP contribution in [0, 0.1) is 11.8 Å². The molecule has 1 spiro atoms. The largest absolute Gasteiger partial charge is 0.349 e. The van der Waals surface area contributed by atoms with Crippen LogP contribution < -0.4 is 5.32 Å². The summed E-state index contributed by atoms with van der Waals surface area (Å²) in [5.74, 6) is 2.08. The maximum atomic E-state index is 11.7. The van der Waals surface area contributed by atoms with Gasteiger partial charge >= 0.3 is 0 Å². The second kappa shape index (κ2) is 6.37. The molecule has 5 aliphatic rings. The second-order valence-electron chi connectivity index (χ2n) is 9.44. The molecule has 0 aromatic heterocycles. The van der Waals surface area contributed by atoms with E-state index in [-0.39, 0.29) is 17.4 Å². The average molecular weight is 353 g/mol. The van der Waals surface area contributed by atoms with E-state index in [2.05, 4.69) is 34.5 Å². The fourth-order valence-corrected chi connectivity index (χ4v) is 6.82. The summed E-state index contributed by atoms with van der Waals surface area (Å²) in [7, 11) is 0. The predicted octanol–water partition coefficient (Wildman–Crippen LogP) is 4.18. The Bertz CT molecular complexity index is 683. The number of likely N-dealkylation sites (tertiary alicyclic amines) is 1. The third-order valence-electron chi connectivity index (χ3n) is 8.11. The lowest BCUT2D eigenvalue weighted by molar-refractivity contribution is -0.119. The first kappa shape index (κ1) is 16.8. The molecule has 3 saturated carbocycles. The first-order chi connectivity index (χ1) is 12.6. The van der Waals surface area contributed by atoms with Gasteiger partial charge in [0.25, 0.3) is 0 Å². The molecule has 0 radical (unpaired) electrons. The number of rotatable bonds is 2. The summed E-state index contributed by atoms with van der Waals surface area (Å²) in [4.78, 5) is 14.5. The molecular weight excluding hydrogens is 320 g/mol. The van der Waals surface area contributed by atoms with Gasteiger partial charge in [-0.25, -0.2) is 0 Å². The molecule has 1 amide bonds. The summed E-state index contributed by atoms with van der Waals surface area (Å²) in [5.41, 5.74) is 3.17. The van der Waals surface area contributed by atoms with Gasteiger partial charge in [-0.05, 0) is 74.6 Å². The highest BCUT2D eigenvalue weighted by Gasteiger charge is 2.47. The minimum atomic E-state index is 0.0949. The highest BCUT2D eigenvalue weighted by atomic mass is 16.1. The lowest BCUT2D eigenvalue weighted by Gasteiger charge is -2.51. The normalized spacial score (nSPS) is 35.4. The number of piperidine rings is 1. The number of nitrogens with one attached hydrogen (secondary N) is 1. The first-order valence-electron chi connectivity index (χ1n) is 10.8. The van der Waals surface area contributed by atoms with E-state index in [1.165, 1.54) is 69.2 Å². The van der Waals surface area contributed by atoms with Gasteiger partial charge in [-0.3, -0.25) is 4.79 Å². The highest BCUT2D eigenvalue weighted by Crippen LogP contribution is 2.52. The second-order valence-corrected chi connectivity index (χ2v) is 9.44. The van der Waals surface area contributed by atoms with Crippen LogP contribution in [-0.2, 0) is 10.2 Å². The summed E-state index contributed by atoms with van der Waals surface area (Å²) in [6.45, 7) is 4.14. The van der Waals surface area contributed by atoms with Crippen LogP contribution in [0.15, 0.2) is 24.3 Å². The van der Waals surface area contributed by atoms with Crippen molar-refractivity contribution in [1.82, 2.24) is 10.2 Å². The van der Waals surface area contributed by atoms with Crippen molar-refractivity contribution in [2.24, 2.45) is 11.8 Å². The lowest BCUT2D eigenvalue weighted by Crippen LogP contribution is -2.52. The van der Waals surface area contributed by atoms with Crippen molar-refractivity contribution in [2.75, 3.05) is 13.1 Å². The molecule has 4 aliphatic carbocycles. The quantitative estimate of drug-likeness (QED) is 0.866. The Kier molecular flexibility index (Phi) is 4.11. The number of fused-ring (bicyclic) bond motifs is 5. The minimum absolute atomic E-state index is 0.0949. The molecular formula is C23H32N2O. The van der Waals surface area contributed by atoms with Gasteiger partial charge in [-0.15, -0.1) is 0 Å². The Labute approximate surface area is 157 Å². The van der Waals surface area contributed by atoms with Crippen LogP contribution in [-0.4, -0.2) is 29.9 Å². The van der Waals surface area contributed by atoms with Crippen molar-refractivity contribution >= 4 is 5.91 Å². The van der Waals surface area contributed by atoms with Crippen LogP contribution >= 0.6 is 0 Å². The minimum Gasteiger partial charge on any atom is -0.349 e. The van der Waals surface area contributed by atoms with Crippen LogP contribution in [0.2, 0.25) is 0 Å². The van der Waals surface area contributed by atoms with E-state index < -0.39 is 0 Å². The van der Waals surface area contributed by atoms with Gasteiger partial charge in [0.1, 0.15) is 0 Å². The molecule has 1 heterocycles. The van der Waals surface area contributed by atoms with E-state index in [0.29, 0.717) is 0 Å². The van der Waals surface area contributed by atoms with Crippen LogP contribution in [0.3, 0.4) is 0 Å². The van der Waals surface area contributed by atoms with Crippen molar-refractivity contribution in [2.45, 2.75) is 75.8 Å². The Morgan fingerprint density at radius 1 is 1.12 bits per heavy atom. The molecule has 3 nitrogen and oxygen atoms in total. The molecule has 1 aromatic rings. The van der Waals surface area contributed by atoms with Crippen molar-refractivity contribution < 1.29 is 4.79 Å². The molecule has 1 aliphatic heterocycles. The van der Waals surface area contributed by atoms with E-state index >= 15 is 0 Å². The lowest BCUT2D eigenvalue weighted by atomic mass is 9.66. The molecule has 1 N–H and O–H groups in total. The molecule has 2 atom stereocenters. The Balaban J connectivity index is 1.33. The van der Waals surface area contributed by atoms with Crippen molar-refractivity contribution in [3.8, 4) is 0 Å². The predicted molar refractivity (Wildman–Crippen MR) is 104 cm³/mol. The molecule has 0 unspecified atom stereocenters. The van der Waals surface area contributed by atoms with Crippen LogP contribution in [0.5, 0.6) is 0 Å². The third kappa shape index (κ3) is 2.70. The monoisotopic (exact) mass is 352 g/mol. The van der Waals surface area contributed by atoms with E-state index in [9.17, 15) is 4.79 Å². The van der Waals surface area contributed by atoms with E-state index in [1.807, 2.05) is 0 Å². The fraction of sp³-hybridized carbons (Fsp3) is 0.696. The fourth-order valence-electron chi connectivity index (χ4n) is 6.82. The van der Waals surface area contributed by atoms with Crippen LogP contribution in [0.4, 0.5) is 0 Å². The van der Waals surface area contributed by atoms with Crippen LogP contribution in [0.1, 0.15) is 75.5 Å². The molecule has 1 saturated heterocycles. The standard InChI is InChI=1S/C23H32N2O/c1-16(26)24-21-15-23(20-5-3-2-4-19(20)21)10-12-25(13-11-23)22-14-17-6-8-18(22)9-7-17/h2-5,17-18,21-22H,6-15H2,1H3,(H,24,26)/t17?,18?,21-,22-/m0/s1. The average Bonchev–Trinajstić information content (AvgIpc) is 2.96. The SMILES string of the molecule is CC(=O)N[C@H]1CC2(CCN([C@H]3CC4CCC3CC4)CC2)c2ccccc21. The summed E-state index contributed by atoms with van der Waals surface area (Å²) >= 11 is 0. The summed E-state index contributed by atoms with van der Waals surface area (Å²) < 4.78 is 0. The number of carbonyl (C=O) groups is 1. The van der Waals surface area contributed by atoms with Crippen LogP contribution in [0.25, 0.3) is 0 Å². The summed E-state index contributed by atoms with van der Waals surface area (Å²) in [6.07, 6.45) is 11.0. The van der Waals surface area contributed by atoms with Gasteiger partial charge in [0.15, 0.2) is 0 Å². The van der Waals surface area contributed by atoms with Gasteiger partial charge < -0.3 is 10.2 Å². The number of carbonyl (C=O) groups excluding carboxylic acids is 1. The van der Waals surface area contributed by atoms with Crippen molar-refractivity contribution in [1.29, 1.82) is 0 Å². The number of hydrogen-bond donors (Lipinski definition) is 1. The Hall–Kier alpha value is -1.35. The molecule has 1 aromatic carbocycles. The Morgan fingerprint density at radius 2 is 1.85 bits per heavy atom. The zero-order chi connectivity index (χ0) is 17.7. The number of amides is 1. The maximum Gasteiger partial charge on any atom is 0.217 e. The third-order valence-corrected chi connectivity index (χ3v) is 8.11. The molecule has 4 fully saturated rings. The summed E-state index contributed by atoms with van der Waals surface area (Å²) in [5, 5.41) is 3.21. The highest BCUT2D eigenvalue weighted by molar-refractivity contribution is 5.73. The first-order valence-corrected chi connectivity index (χ1v) is 10.8. The van der Waals surface area contributed by atoms with Gasteiger partial charge in [0.05, 0.1) is 6.04 Å². The van der Waals surface area contributed by atoms with E-state index in [4.69, 9.17) is 0 Å².